The van der Waals surface area contributed by atoms with Gasteiger partial charge in [0.05, 0.1) is 15.3 Å². The van der Waals surface area contributed by atoms with Gasteiger partial charge in [0.1, 0.15) is 0 Å². The van der Waals surface area contributed by atoms with E-state index in [1.54, 1.807) is 41.1 Å². The van der Waals surface area contributed by atoms with Gasteiger partial charge in [-0.1, -0.05) is 17.7 Å². The van der Waals surface area contributed by atoms with Crippen LogP contribution in [0.1, 0.15) is 0 Å². The van der Waals surface area contributed by atoms with Gasteiger partial charge in [0, 0.05) is 55.5 Å². The van der Waals surface area contributed by atoms with Crippen LogP contribution in [-0.2, 0) is 16.9 Å². The molecule has 1 aromatic heterocycles. The van der Waals surface area contributed by atoms with E-state index in [4.69, 9.17) is 11.6 Å². The molecule has 0 amide bonds. The monoisotopic (exact) mass is 389 g/mol. The highest BCUT2D eigenvalue weighted by molar-refractivity contribution is 7.91. The first kappa shape index (κ1) is 17.4. The first-order valence-electron chi connectivity index (χ1n) is 8.52. The van der Waals surface area contributed by atoms with Gasteiger partial charge in [0.25, 0.3) is 0 Å². The number of nitrogens with zero attached hydrogens (tertiary/aromatic N) is 2. The number of halogens is 1. The van der Waals surface area contributed by atoms with Crippen molar-refractivity contribution >= 4 is 38.0 Å². The van der Waals surface area contributed by atoms with Gasteiger partial charge in [-0.2, -0.15) is 0 Å². The molecule has 5 nitrogen and oxygen atoms in total. The van der Waals surface area contributed by atoms with Gasteiger partial charge in [-0.15, -0.1) is 0 Å². The summed E-state index contributed by atoms with van der Waals surface area (Å²) >= 11 is 6.05. The second kappa shape index (κ2) is 6.61. The molecule has 1 aliphatic rings. The van der Waals surface area contributed by atoms with E-state index in [9.17, 15) is 8.42 Å². The van der Waals surface area contributed by atoms with Crippen LogP contribution in [0, 0.1) is 0 Å². The van der Waals surface area contributed by atoms with E-state index in [1.165, 1.54) is 0 Å². The van der Waals surface area contributed by atoms with E-state index in [2.05, 4.69) is 10.2 Å². The fourth-order valence-electron chi connectivity index (χ4n) is 3.42. The number of rotatable bonds is 3. The van der Waals surface area contributed by atoms with Crippen molar-refractivity contribution in [3.63, 3.8) is 0 Å². The molecule has 1 saturated heterocycles. The van der Waals surface area contributed by atoms with E-state index >= 15 is 0 Å². The van der Waals surface area contributed by atoms with E-state index in [-0.39, 0.29) is 0 Å². The Balaban J connectivity index is 1.73. The predicted molar refractivity (Wildman–Crippen MR) is 105 cm³/mol. The van der Waals surface area contributed by atoms with Crippen LogP contribution in [0.15, 0.2) is 58.5 Å². The number of benzene rings is 2. The van der Waals surface area contributed by atoms with E-state index in [0.717, 1.165) is 37.4 Å². The Morgan fingerprint density at radius 1 is 1.04 bits per heavy atom. The van der Waals surface area contributed by atoms with Crippen LogP contribution in [0.3, 0.4) is 0 Å². The molecule has 0 unspecified atom stereocenters. The van der Waals surface area contributed by atoms with Gasteiger partial charge in [-0.25, -0.2) is 8.42 Å². The maximum Gasteiger partial charge on any atom is 0.208 e. The van der Waals surface area contributed by atoms with E-state index < -0.39 is 9.84 Å². The van der Waals surface area contributed by atoms with Crippen LogP contribution in [-0.4, -0.2) is 39.2 Å². The number of nitrogens with one attached hydrogen (secondary N) is 1. The number of aryl methyl sites for hydroxylation is 1. The zero-order valence-electron chi connectivity index (χ0n) is 14.4. The third kappa shape index (κ3) is 2.98. The molecule has 136 valence electrons. The standard InChI is InChI=1S/C19H20ClN3O2S/c1-22-13-19(17-7-2-14(20)12-18(17)22)26(24,25)16-5-3-15(4-6-16)23-10-8-21-9-11-23/h2-7,12-13,21H,8-11H2,1H3. The predicted octanol–water partition coefficient (Wildman–Crippen LogP) is 3.07. The summed E-state index contributed by atoms with van der Waals surface area (Å²) in [7, 11) is -1.78. The lowest BCUT2D eigenvalue weighted by molar-refractivity contribution is 0.588. The topological polar surface area (TPSA) is 54.3 Å². The number of anilines is 1. The van der Waals surface area contributed by atoms with Crippen LogP contribution in [0.25, 0.3) is 10.9 Å². The molecule has 2 heterocycles. The molecular weight excluding hydrogens is 370 g/mol. The number of aromatic nitrogens is 1. The van der Waals surface area contributed by atoms with Gasteiger partial charge in [-0.05, 0) is 36.4 Å². The lowest BCUT2D eigenvalue weighted by atomic mass is 10.2. The van der Waals surface area contributed by atoms with Gasteiger partial charge >= 0.3 is 0 Å². The maximum absolute atomic E-state index is 13.2. The van der Waals surface area contributed by atoms with Crippen LogP contribution < -0.4 is 10.2 Å². The zero-order chi connectivity index (χ0) is 18.3. The van der Waals surface area contributed by atoms with Gasteiger partial charge in [-0.3, -0.25) is 0 Å². The van der Waals surface area contributed by atoms with Crippen molar-refractivity contribution in [1.29, 1.82) is 0 Å². The normalized spacial score (nSPS) is 15.5. The highest BCUT2D eigenvalue weighted by Crippen LogP contribution is 2.32. The third-order valence-electron chi connectivity index (χ3n) is 4.83. The number of hydrogen-bond donors (Lipinski definition) is 1. The lowest BCUT2D eigenvalue weighted by Gasteiger charge is -2.29. The summed E-state index contributed by atoms with van der Waals surface area (Å²) < 4.78 is 28.1. The Hall–Kier alpha value is -2.02. The second-order valence-electron chi connectivity index (χ2n) is 6.50. The van der Waals surface area contributed by atoms with Crippen LogP contribution >= 0.6 is 11.6 Å². The molecule has 0 aliphatic carbocycles. The molecule has 0 bridgehead atoms. The highest BCUT2D eigenvalue weighted by atomic mass is 35.5. The molecule has 1 N–H and O–H groups in total. The summed E-state index contributed by atoms with van der Waals surface area (Å²) in [5, 5.41) is 4.59. The molecule has 4 rings (SSSR count). The van der Waals surface area contributed by atoms with Crippen molar-refractivity contribution < 1.29 is 8.42 Å². The third-order valence-corrected chi connectivity index (χ3v) is 6.87. The highest BCUT2D eigenvalue weighted by Gasteiger charge is 2.23. The second-order valence-corrected chi connectivity index (χ2v) is 8.85. The Morgan fingerprint density at radius 2 is 1.73 bits per heavy atom. The largest absolute Gasteiger partial charge is 0.369 e. The summed E-state index contributed by atoms with van der Waals surface area (Å²) in [5.41, 5.74) is 1.85. The first-order chi connectivity index (χ1) is 12.5. The Kier molecular flexibility index (Phi) is 4.42. The summed E-state index contributed by atoms with van der Waals surface area (Å²) in [4.78, 5) is 2.87. The summed E-state index contributed by atoms with van der Waals surface area (Å²) in [6, 6.07) is 12.4. The van der Waals surface area contributed by atoms with Crippen LogP contribution in [0.2, 0.25) is 5.02 Å². The fourth-order valence-corrected chi connectivity index (χ4v) is 5.09. The molecule has 0 saturated carbocycles. The van der Waals surface area contributed by atoms with Crippen LogP contribution in [0.5, 0.6) is 0 Å². The molecule has 7 heteroatoms. The molecule has 1 fully saturated rings. The summed E-state index contributed by atoms with van der Waals surface area (Å²) in [6.45, 7) is 3.74. The van der Waals surface area contributed by atoms with Crippen molar-refractivity contribution in [2.24, 2.45) is 7.05 Å². The van der Waals surface area contributed by atoms with Gasteiger partial charge in [0.15, 0.2) is 0 Å². The van der Waals surface area contributed by atoms with Crippen molar-refractivity contribution in [2.45, 2.75) is 9.79 Å². The zero-order valence-corrected chi connectivity index (χ0v) is 16.0. The minimum Gasteiger partial charge on any atom is -0.369 e. The average molecular weight is 390 g/mol. The SMILES string of the molecule is Cn1cc(S(=O)(=O)c2ccc(N3CCNCC3)cc2)c2ccc(Cl)cc21. The average Bonchev–Trinajstić information content (AvgIpc) is 2.99. The van der Waals surface area contributed by atoms with Gasteiger partial charge < -0.3 is 14.8 Å². The van der Waals surface area contributed by atoms with Crippen molar-refractivity contribution in [2.75, 3.05) is 31.1 Å². The molecule has 3 aromatic rings. The molecule has 0 atom stereocenters. The van der Waals surface area contributed by atoms with Crippen molar-refractivity contribution in [3.05, 3.63) is 53.7 Å². The lowest BCUT2D eigenvalue weighted by Crippen LogP contribution is -2.43. The molecule has 26 heavy (non-hydrogen) atoms. The van der Waals surface area contributed by atoms with Crippen molar-refractivity contribution in [3.8, 4) is 0 Å². The Labute approximate surface area is 158 Å². The van der Waals surface area contributed by atoms with Crippen LogP contribution in [0.4, 0.5) is 5.69 Å². The molecular formula is C19H20ClN3O2S. The number of sulfone groups is 1. The van der Waals surface area contributed by atoms with Gasteiger partial charge in [0.2, 0.25) is 9.84 Å². The smallest absolute Gasteiger partial charge is 0.208 e. The quantitative estimate of drug-likeness (QED) is 0.748. The number of fused-ring (bicyclic) bond motifs is 1. The Morgan fingerprint density at radius 3 is 2.42 bits per heavy atom. The maximum atomic E-state index is 13.2. The number of hydrogen-bond acceptors (Lipinski definition) is 4. The van der Waals surface area contributed by atoms with Crippen molar-refractivity contribution in [1.82, 2.24) is 9.88 Å². The minimum absolute atomic E-state index is 0.304. The van der Waals surface area contributed by atoms with E-state index in [0.29, 0.717) is 20.2 Å². The molecule has 0 spiro atoms. The Bertz CT molecular complexity index is 1050. The molecule has 1 aliphatic heterocycles. The summed E-state index contributed by atoms with van der Waals surface area (Å²) in [5.74, 6) is 0. The summed E-state index contributed by atoms with van der Waals surface area (Å²) in [6.07, 6.45) is 1.65. The first-order valence-corrected chi connectivity index (χ1v) is 10.4. The minimum atomic E-state index is -3.60. The molecule has 0 radical (unpaired) electrons. The molecule has 2 aromatic carbocycles. The number of piperazine rings is 1. The fraction of sp³-hybridized carbons (Fsp3) is 0.263. The van der Waals surface area contributed by atoms with E-state index in [1.807, 2.05) is 19.2 Å².